The van der Waals surface area contributed by atoms with Gasteiger partial charge in [0.2, 0.25) is 0 Å². The van der Waals surface area contributed by atoms with Crippen molar-refractivity contribution >= 4 is 11.9 Å². The normalized spacial score (nSPS) is 11.2. The Hall–Kier alpha value is -4.37. The fourth-order valence-electron chi connectivity index (χ4n) is 4.43. The predicted molar refractivity (Wildman–Crippen MR) is 151 cm³/mol. The Kier molecular flexibility index (Phi) is 7.09. The van der Waals surface area contributed by atoms with E-state index >= 15 is 0 Å². The van der Waals surface area contributed by atoms with Crippen molar-refractivity contribution in [3.63, 3.8) is 0 Å². The largest absolute Gasteiger partial charge is 0.494 e. The third-order valence-electron chi connectivity index (χ3n) is 6.25. The number of rotatable bonds is 8. The van der Waals surface area contributed by atoms with Gasteiger partial charge in [-0.2, -0.15) is 0 Å². The SMILES string of the molecule is CCOc1ccc(-n2c(-c3ccccc3)cc(C=Nc3ccc(CC)cc3)c2-c2ccccc2)cc1. The Bertz CT molecular complexity index is 1430. The Balaban J connectivity index is 1.70. The summed E-state index contributed by atoms with van der Waals surface area (Å²) in [7, 11) is 0. The topological polar surface area (TPSA) is 26.5 Å². The van der Waals surface area contributed by atoms with Gasteiger partial charge in [-0.25, -0.2) is 0 Å². The smallest absolute Gasteiger partial charge is 0.119 e. The van der Waals surface area contributed by atoms with E-state index in [2.05, 4.69) is 109 Å². The van der Waals surface area contributed by atoms with Crippen LogP contribution in [0.1, 0.15) is 25.0 Å². The molecule has 0 fully saturated rings. The molecule has 36 heavy (non-hydrogen) atoms. The van der Waals surface area contributed by atoms with Gasteiger partial charge < -0.3 is 9.30 Å². The summed E-state index contributed by atoms with van der Waals surface area (Å²) in [5.74, 6) is 0.869. The van der Waals surface area contributed by atoms with Crippen LogP contribution in [0.25, 0.3) is 28.2 Å². The maximum atomic E-state index is 5.71. The van der Waals surface area contributed by atoms with E-state index in [9.17, 15) is 0 Å². The highest BCUT2D eigenvalue weighted by Gasteiger charge is 2.18. The number of aromatic nitrogens is 1. The van der Waals surface area contributed by atoms with Crippen molar-refractivity contribution in [2.24, 2.45) is 4.99 Å². The molecule has 1 heterocycles. The van der Waals surface area contributed by atoms with E-state index in [1.165, 1.54) is 5.56 Å². The third kappa shape index (κ3) is 5.01. The highest BCUT2D eigenvalue weighted by Crippen LogP contribution is 2.36. The number of aliphatic imine (C=N–C) groups is 1. The van der Waals surface area contributed by atoms with Gasteiger partial charge in [0.15, 0.2) is 0 Å². The molecule has 0 saturated heterocycles. The van der Waals surface area contributed by atoms with Crippen molar-refractivity contribution in [1.29, 1.82) is 0 Å². The van der Waals surface area contributed by atoms with E-state index in [1.54, 1.807) is 0 Å². The predicted octanol–water partition coefficient (Wildman–Crippen LogP) is 8.52. The van der Waals surface area contributed by atoms with E-state index in [0.717, 1.165) is 51.6 Å². The first-order chi connectivity index (χ1) is 17.8. The van der Waals surface area contributed by atoms with Gasteiger partial charge in [0.1, 0.15) is 5.75 Å². The van der Waals surface area contributed by atoms with Crippen LogP contribution < -0.4 is 4.74 Å². The summed E-state index contributed by atoms with van der Waals surface area (Å²) in [6, 6.07) is 40.0. The van der Waals surface area contributed by atoms with Gasteiger partial charge in [-0.15, -0.1) is 0 Å². The summed E-state index contributed by atoms with van der Waals surface area (Å²) < 4.78 is 8.03. The van der Waals surface area contributed by atoms with E-state index in [-0.39, 0.29) is 0 Å². The van der Waals surface area contributed by atoms with Crippen LogP contribution in [0.15, 0.2) is 120 Å². The zero-order valence-corrected chi connectivity index (χ0v) is 20.8. The summed E-state index contributed by atoms with van der Waals surface area (Å²) in [5, 5.41) is 0. The highest BCUT2D eigenvalue weighted by molar-refractivity contribution is 5.94. The molecule has 0 spiro atoms. The van der Waals surface area contributed by atoms with Crippen LogP contribution in [0, 0.1) is 0 Å². The molecule has 3 nitrogen and oxygen atoms in total. The van der Waals surface area contributed by atoms with Crippen LogP contribution in [0.4, 0.5) is 5.69 Å². The minimum absolute atomic E-state index is 0.646. The van der Waals surface area contributed by atoms with Crippen molar-refractivity contribution in [3.05, 3.63) is 126 Å². The fourth-order valence-corrected chi connectivity index (χ4v) is 4.43. The van der Waals surface area contributed by atoms with E-state index < -0.39 is 0 Å². The first kappa shape index (κ1) is 23.4. The first-order valence-electron chi connectivity index (χ1n) is 12.5. The van der Waals surface area contributed by atoms with Gasteiger partial charge in [0, 0.05) is 17.5 Å². The van der Waals surface area contributed by atoms with Crippen molar-refractivity contribution in [2.75, 3.05) is 6.61 Å². The van der Waals surface area contributed by atoms with Crippen LogP contribution in [-0.4, -0.2) is 17.4 Å². The minimum Gasteiger partial charge on any atom is -0.494 e. The van der Waals surface area contributed by atoms with Crippen LogP contribution in [0.5, 0.6) is 5.75 Å². The number of aryl methyl sites for hydroxylation is 1. The monoisotopic (exact) mass is 470 g/mol. The van der Waals surface area contributed by atoms with Crippen molar-refractivity contribution in [3.8, 4) is 34.0 Å². The molecule has 0 N–H and O–H groups in total. The van der Waals surface area contributed by atoms with Crippen molar-refractivity contribution in [2.45, 2.75) is 20.3 Å². The molecular formula is C33H30N2O. The van der Waals surface area contributed by atoms with E-state index in [1.807, 2.05) is 31.3 Å². The molecule has 5 aromatic rings. The minimum atomic E-state index is 0.646. The number of ether oxygens (including phenoxy) is 1. The second-order valence-corrected chi connectivity index (χ2v) is 8.61. The zero-order valence-electron chi connectivity index (χ0n) is 20.8. The van der Waals surface area contributed by atoms with Crippen molar-refractivity contribution in [1.82, 2.24) is 4.57 Å². The van der Waals surface area contributed by atoms with Crippen LogP contribution in [-0.2, 0) is 6.42 Å². The zero-order chi connectivity index (χ0) is 24.7. The van der Waals surface area contributed by atoms with Gasteiger partial charge in [0.05, 0.1) is 23.7 Å². The second kappa shape index (κ2) is 10.9. The quantitative estimate of drug-likeness (QED) is 0.209. The Morgan fingerprint density at radius 2 is 1.36 bits per heavy atom. The van der Waals surface area contributed by atoms with E-state index in [4.69, 9.17) is 9.73 Å². The summed E-state index contributed by atoms with van der Waals surface area (Å²) in [6.45, 7) is 4.81. The van der Waals surface area contributed by atoms with Gasteiger partial charge in [-0.1, -0.05) is 79.7 Å². The lowest BCUT2D eigenvalue weighted by molar-refractivity contribution is 0.340. The molecule has 0 atom stereocenters. The summed E-state index contributed by atoms with van der Waals surface area (Å²) in [5.41, 5.74) is 8.89. The number of benzene rings is 4. The maximum absolute atomic E-state index is 5.71. The number of nitrogens with zero attached hydrogens (tertiary/aromatic N) is 2. The molecule has 1 aromatic heterocycles. The lowest BCUT2D eigenvalue weighted by Crippen LogP contribution is -2.01. The molecule has 0 aliphatic heterocycles. The van der Waals surface area contributed by atoms with Crippen LogP contribution >= 0.6 is 0 Å². The molecule has 5 rings (SSSR count). The van der Waals surface area contributed by atoms with Gasteiger partial charge >= 0.3 is 0 Å². The molecule has 0 aliphatic carbocycles. The Morgan fingerprint density at radius 3 is 1.97 bits per heavy atom. The van der Waals surface area contributed by atoms with Crippen molar-refractivity contribution < 1.29 is 4.74 Å². The molecule has 3 heteroatoms. The van der Waals surface area contributed by atoms with Gasteiger partial charge in [-0.05, 0) is 72.5 Å². The van der Waals surface area contributed by atoms with Crippen LogP contribution in [0.3, 0.4) is 0 Å². The highest BCUT2D eigenvalue weighted by atomic mass is 16.5. The standard InChI is InChI=1S/C33H30N2O/c1-3-25-15-17-29(18-16-25)34-24-28-23-32(26-11-7-5-8-12-26)35(33(28)27-13-9-6-10-14-27)30-19-21-31(22-20-30)36-4-2/h5-24H,3-4H2,1-2H3. The first-order valence-corrected chi connectivity index (χ1v) is 12.5. The summed E-state index contributed by atoms with van der Waals surface area (Å²) in [6.07, 6.45) is 3.01. The van der Waals surface area contributed by atoms with Gasteiger partial charge in [-0.3, -0.25) is 4.99 Å². The molecule has 4 aromatic carbocycles. The van der Waals surface area contributed by atoms with Gasteiger partial charge in [0.25, 0.3) is 0 Å². The fraction of sp³-hybridized carbons (Fsp3) is 0.121. The lowest BCUT2D eigenvalue weighted by atomic mass is 10.1. The average Bonchev–Trinajstić information content (AvgIpc) is 3.33. The molecule has 0 saturated carbocycles. The molecule has 0 unspecified atom stereocenters. The lowest BCUT2D eigenvalue weighted by Gasteiger charge is -2.15. The number of hydrogen-bond donors (Lipinski definition) is 0. The molecule has 0 radical (unpaired) electrons. The average molecular weight is 471 g/mol. The third-order valence-corrected chi connectivity index (χ3v) is 6.25. The molecule has 178 valence electrons. The molecule has 0 aliphatic rings. The summed E-state index contributed by atoms with van der Waals surface area (Å²) >= 11 is 0. The second-order valence-electron chi connectivity index (χ2n) is 8.61. The Labute approximate surface area is 213 Å². The molecule has 0 amide bonds. The molecular weight excluding hydrogens is 440 g/mol. The maximum Gasteiger partial charge on any atom is 0.119 e. The summed E-state index contributed by atoms with van der Waals surface area (Å²) in [4.78, 5) is 4.86. The van der Waals surface area contributed by atoms with Crippen LogP contribution in [0.2, 0.25) is 0 Å². The van der Waals surface area contributed by atoms with E-state index in [0.29, 0.717) is 6.61 Å². The molecule has 0 bridgehead atoms. The number of hydrogen-bond acceptors (Lipinski definition) is 2. The Morgan fingerprint density at radius 1 is 0.722 bits per heavy atom.